The molecule has 0 spiro atoms. The van der Waals surface area contributed by atoms with Crippen LogP contribution in [0.15, 0.2) is 4.79 Å². The number of nitrogen functional groups attached to an aromatic ring is 1. The van der Waals surface area contributed by atoms with E-state index < -0.39 is 0 Å². The minimum atomic E-state index is -0.0874. The number of fused-ring (bicyclic) bond motifs is 3. The maximum atomic E-state index is 12.3. The average Bonchev–Trinajstić information content (AvgIpc) is 2.64. The first-order chi connectivity index (χ1) is 8.68. The minimum absolute atomic E-state index is 0.0874. The predicted molar refractivity (Wildman–Crippen MR) is 74.6 cm³/mol. The van der Waals surface area contributed by atoms with Crippen LogP contribution < -0.4 is 11.4 Å². The van der Waals surface area contributed by atoms with Crippen LogP contribution in [0.25, 0.3) is 10.2 Å². The monoisotopic (exact) mass is 263 g/mol. The third-order valence-electron chi connectivity index (χ3n) is 3.70. The molecule has 0 atom stereocenters. The molecule has 0 aliphatic heterocycles. The average molecular weight is 263 g/mol. The molecule has 0 saturated carbocycles. The highest BCUT2D eigenvalue weighted by Gasteiger charge is 2.19. The first-order valence-electron chi connectivity index (χ1n) is 6.47. The number of aromatic nitrogens is 2. The van der Waals surface area contributed by atoms with Gasteiger partial charge in [-0.15, -0.1) is 11.3 Å². The molecule has 0 amide bonds. The van der Waals surface area contributed by atoms with E-state index in [9.17, 15) is 4.79 Å². The summed E-state index contributed by atoms with van der Waals surface area (Å²) in [5.74, 6) is 6.34. The SMILES string of the molecule is Cc1nc2sc3c(c2c(=O)n1N)CCCCCC3. The molecular formula is C13H17N3OS. The van der Waals surface area contributed by atoms with Crippen molar-refractivity contribution in [2.45, 2.75) is 45.4 Å². The van der Waals surface area contributed by atoms with E-state index in [0.717, 1.165) is 29.5 Å². The molecule has 1 aliphatic carbocycles. The fourth-order valence-corrected chi connectivity index (χ4v) is 3.97. The largest absolute Gasteiger partial charge is 0.335 e. The summed E-state index contributed by atoms with van der Waals surface area (Å²) < 4.78 is 1.17. The smallest absolute Gasteiger partial charge is 0.280 e. The number of hydrogen-bond donors (Lipinski definition) is 1. The van der Waals surface area contributed by atoms with Crippen LogP contribution in [-0.4, -0.2) is 9.66 Å². The Hall–Kier alpha value is -1.36. The van der Waals surface area contributed by atoms with Crippen molar-refractivity contribution in [2.75, 3.05) is 5.84 Å². The maximum Gasteiger partial charge on any atom is 0.280 e. The van der Waals surface area contributed by atoms with Crippen LogP contribution in [0.1, 0.15) is 41.9 Å². The molecule has 18 heavy (non-hydrogen) atoms. The summed E-state index contributed by atoms with van der Waals surface area (Å²) in [7, 11) is 0. The molecule has 96 valence electrons. The second kappa shape index (κ2) is 4.39. The van der Waals surface area contributed by atoms with Crippen molar-refractivity contribution < 1.29 is 0 Å². The maximum absolute atomic E-state index is 12.3. The van der Waals surface area contributed by atoms with Crippen molar-refractivity contribution in [3.63, 3.8) is 0 Å². The molecular weight excluding hydrogens is 246 g/mol. The van der Waals surface area contributed by atoms with Gasteiger partial charge in [-0.3, -0.25) is 4.79 Å². The van der Waals surface area contributed by atoms with Gasteiger partial charge in [-0.2, -0.15) is 0 Å². The summed E-state index contributed by atoms with van der Waals surface area (Å²) in [5.41, 5.74) is 1.13. The van der Waals surface area contributed by atoms with Crippen molar-refractivity contribution in [1.82, 2.24) is 9.66 Å². The Morgan fingerprint density at radius 1 is 1.22 bits per heavy atom. The van der Waals surface area contributed by atoms with Gasteiger partial charge in [0, 0.05) is 4.88 Å². The van der Waals surface area contributed by atoms with E-state index in [2.05, 4.69) is 4.98 Å². The standard InChI is InChI=1S/C13H17N3OS/c1-8-15-12-11(13(17)16(8)14)9-6-4-2-3-5-7-10(9)18-12/h2-7,14H2,1H3. The van der Waals surface area contributed by atoms with Crippen LogP contribution >= 0.6 is 11.3 Å². The van der Waals surface area contributed by atoms with Gasteiger partial charge in [0.15, 0.2) is 0 Å². The Labute approximate surface area is 109 Å². The Kier molecular flexibility index (Phi) is 2.86. The lowest BCUT2D eigenvalue weighted by molar-refractivity contribution is 0.623. The highest BCUT2D eigenvalue weighted by Crippen LogP contribution is 2.32. The van der Waals surface area contributed by atoms with Crippen LogP contribution in [0, 0.1) is 6.92 Å². The summed E-state index contributed by atoms with van der Waals surface area (Å²) in [5, 5.41) is 0.769. The molecule has 0 aromatic carbocycles. The molecule has 2 aromatic heterocycles. The van der Waals surface area contributed by atoms with Gasteiger partial charge in [-0.1, -0.05) is 12.8 Å². The Morgan fingerprint density at radius 3 is 2.72 bits per heavy atom. The minimum Gasteiger partial charge on any atom is -0.335 e. The molecule has 2 aromatic rings. The second-order valence-electron chi connectivity index (χ2n) is 4.93. The molecule has 4 nitrogen and oxygen atoms in total. The van der Waals surface area contributed by atoms with Gasteiger partial charge >= 0.3 is 0 Å². The van der Waals surface area contributed by atoms with Crippen molar-refractivity contribution >= 4 is 21.6 Å². The van der Waals surface area contributed by atoms with Gasteiger partial charge < -0.3 is 5.84 Å². The normalized spacial score (nSPS) is 16.3. The van der Waals surface area contributed by atoms with Gasteiger partial charge in [-0.25, -0.2) is 9.66 Å². The topological polar surface area (TPSA) is 60.9 Å². The van der Waals surface area contributed by atoms with Crippen molar-refractivity contribution in [2.24, 2.45) is 0 Å². The van der Waals surface area contributed by atoms with E-state index in [-0.39, 0.29) is 5.56 Å². The van der Waals surface area contributed by atoms with E-state index in [1.165, 1.54) is 34.4 Å². The van der Waals surface area contributed by atoms with Crippen molar-refractivity contribution in [1.29, 1.82) is 0 Å². The Balaban J connectivity index is 2.30. The summed E-state index contributed by atoms with van der Waals surface area (Å²) in [6.07, 6.45) is 7.01. The quantitative estimate of drug-likeness (QED) is 0.741. The van der Waals surface area contributed by atoms with E-state index in [1.54, 1.807) is 18.3 Å². The summed E-state index contributed by atoms with van der Waals surface area (Å²) in [4.78, 5) is 19.0. The highest BCUT2D eigenvalue weighted by molar-refractivity contribution is 7.18. The van der Waals surface area contributed by atoms with Crippen LogP contribution in [0.4, 0.5) is 0 Å². The number of nitrogens with zero attached hydrogens (tertiary/aromatic N) is 2. The Morgan fingerprint density at radius 2 is 1.94 bits per heavy atom. The van der Waals surface area contributed by atoms with Gasteiger partial charge in [-0.05, 0) is 38.2 Å². The molecule has 2 heterocycles. The summed E-state index contributed by atoms with van der Waals surface area (Å²) in [6.45, 7) is 1.78. The Bertz CT molecular complexity index is 656. The summed E-state index contributed by atoms with van der Waals surface area (Å²) in [6, 6.07) is 0. The number of hydrogen-bond acceptors (Lipinski definition) is 4. The second-order valence-corrected chi connectivity index (χ2v) is 6.02. The summed E-state index contributed by atoms with van der Waals surface area (Å²) >= 11 is 1.68. The van der Waals surface area contributed by atoms with Crippen molar-refractivity contribution in [3.8, 4) is 0 Å². The first-order valence-corrected chi connectivity index (χ1v) is 7.29. The molecule has 2 N–H and O–H groups in total. The first kappa shape index (κ1) is 11.7. The highest BCUT2D eigenvalue weighted by atomic mass is 32.1. The third-order valence-corrected chi connectivity index (χ3v) is 4.88. The van der Waals surface area contributed by atoms with Gasteiger partial charge in [0.2, 0.25) is 0 Å². The molecule has 0 radical (unpaired) electrons. The zero-order valence-corrected chi connectivity index (χ0v) is 11.3. The molecule has 5 heteroatoms. The van der Waals surface area contributed by atoms with E-state index in [4.69, 9.17) is 5.84 Å². The lowest BCUT2D eigenvalue weighted by Gasteiger charge is -2.09. The van der Waals surface area contributed by atoms with E-state index in [1.807, 2.05) is 0 Å². The molecule has 3 rings (SSSR count). The number of rotatable bonds is 0. The van der Waals surface area contributed by atoms with Crippen LogP contribution in [-0.2, 0) is 12.8 Å². The van der Waals surface area contributed by atoms with Gasteiger partial charge in [0.05, 0.1) is 5.39 Å². The van der Waals surface area contributed by atoms with Crippen LogP contribution in [0.5, 0.6) is 0 Å². The van der Waals surface area contributed by atoms with Crippen LogP contribution in [0.2, 0.25) is 0 Å². The van der Waals surface area contributed by atoms with Crippen molar-refractivity contribution in [3.05, 3.63) is 26.6 Å². The van der Waals surface area contributed by atoms with E-state index in [0.29, 0.717) is 5.82 Å². The fraction of sp³-hybridized carbons (Fsp3) is 0.538. The molecule has 0 bridgehead atoms. The molecule has 0 unspecified atom stereocenters. The number of thiophene rings is 1. The van der Waals surface area contributed by atoms with E-state index >= 15 is 0 Å². The lowest BCUT2D eigenvalue weighted by Crippen LogP contribution is -2.30. The lowest BCUT2D eigenvalue weighted by atomic mass is 9.98. The number of nitrogens with two attached hydrogens (primary N) is 1. The zero-order chi connectivity index (χ0) is 12.7. The molecule has 0 saturated heterocycles. The molecule has 1 aliphatic rings. The van der Waals surface area contributed by atoms with Gasteiger partial charge in [0.25, 0.3) is 5.56 Å². The third kappa shape index (κ3) is 1.73. The molecule has 0 fully saturated rings. The fourth-order valence-electron chi connectivity index (χ4n) is 2.67. The zero-order valence-electron chi connectivity index (χ0n) is 10.5. The van der Waals surface area contributed by atoms with Gasteiger partial charge in [0.1, 0.15) is 10.7 Å². The van der Waals surface area contributed by atoms with Crippen LogP contribution in [0.3, 0.4) is 0 Å². The number of aryl methyl sites for hydroxylation is 3. The predicted octanol–water partition coefficient (Wildman–Crippen LogP) is 2.14.